The summed E-state index contributed by atoms with van der Waals surface area (Å²) in [5.74, 6) is 0. The first-order valence-electron chi connectivity index (χ1n) is 6.64. The number of nitrogens with zero attached hydrogens (tertiary/aromatic N) is 2. The standard InChI is InChI=1S/C16H21N3/c1-4-19(14-8-6-5-7-9-14)11-15-13(3)16(17)12(2)10-18-15/h5-10H,4,11H2,1-3H3,(H2,17,18). The van der Waals surface area contributed by atoms with Crippen molar-refractivity contribution in [3.05, 3.63) is 53.3 Å². The SMILES string of the molecule is CCN(Cc1ncc(C)c(N)c1C)c1ccccc1. The third-order valence-corrected chi connectivity index (χ3v) is 3.52. The molecule has 100 valence electrons. The van der Waals surface area contributed by atoms with Crippen LogP contribution in [0.2, 0.25) is 0 Å². The highest BCUT2D eigenvalue weighted by Gasteiger charge is 2.10. The molecule has 2 rings (SSSR count). The molecule has 0 fully saturated rings. The maximum Gasteiger partial charge on any atom is 0.0646 e. The fraction of sp³-hybridized carbons (Fsp3) is 0.312. The molecule has 0 bridgehead atoms. The molecule has 19 heavy (non-hydrogen) atoms. The Bertz CT molecular complexity index is 549. The lowest BCUT2D eigenvalue weighted by atomic mass is 10.1. The smallest absolute Gasteiger partial charge is 0.0646 e. The lowest BCUT2D eigenvalue weighted by molar-refractivity contribution is 0.803. The number of nitrogens with two attached hydrogens (primary N) is 1. The van der Waals surface area contributed by atoms with Crippen molar-refractivity contribution in [2.24, 2.45) is 0 Å². The fourth-order valence-electron chi connectivity index (χ4n) is 2.16. The molecule has 2 aromatic rings. The average Bonchev–Trinajstić information content (AvgIpc) is 2.45. The topological polar surface area (TPSA) is 42.2 Å². The third-order valence-electron chi connectivity index (χ3n) is 3.52. The summed E-state index contributed by atoms with van der Waals surface area (Å²) in [6.45, 7) is 7.92. The normalized spacial score (nSPS) is 10.5. The zero-order valence-electron chi connectivity index (χ0n) is 11.9. The van der Waals surface area contributed by atoms with Crippen molar-refractivity contribution in [3.63, 3.8) is 0 Å². The van der Waals surface area contributed by atoms with Crippen LogP contribution in [0, 0.1) is 13.8 Å². The molecule has 3 heteroatoms. The molecule has 2 N–H and O–H groups in total. The number of rotatable bonds is 4. The van der Waals surface area contributed by atoms with E-state index in [0.29, 0.717) is 0 Å². The first-order valence-corrected chi connectivity index (χ1v) is 6.64. The van der Waals surface area contributed by atoms with Gasteiger partial charge < -0.3 is 10.6 Å². The van der Waals surface area contributed by atoms with Gasteiger partial charge in [-0.1, -0.05) is 18.2 Å². The Morgan fingerprint density at radius 3 is 2.47 bits per heavy atom. The molecule has 1 aromatic carbocycles. The monoisotopic (exact) mass is 255 g/mol. The number of nitrogen functional groups attached to an aromatic ring is 1. The molecule has 0 spiro atoms. The van der Waals surface area contributed by atoms with Crippen molar-refractivity contribution in [2.45, 2.75) is 27.3 Å². The van der Waals surface area contributed by atoms with Crippen molar-refractivity contribution in [2.75, 3.05) is 17.2 Å². The minimum atomic E-state index is 0.789. The molecule has 0 saturated heterocycles. The van der Waals surface area contributed by atoms with Crippen LogP contribution in [0.3, 0.4) is 0 Å². The minimum absolute atomic E-state index is 0.789. The Morgan fingerprint density at radius 1 is 1.16 bits per heavy atom. The van der Waals surface area contributed by atoms with Crippen LogP contribution in [0.1, 0.15) is 23.7 Å². The summed E-state index contributed by atoms with van der Waals surface area (Å²) in [6.07, 6.45) is 1.86. The molecule has 0 atom stereocenters. The second kappa shape index (κ2) is 5.74. The van der Waals surface area contributed by atoms with Gasteiger partial charge in [0.15, 0.2) is 0 Å². The van der Waals surface area contributed by atoms with Gasteiger partial charge in [-0.2, -0.15) is 0 Å². The quantitative estimate of drug-likeness (QED) is 0.911. The van der Waals surface area contributed by atoms with E-state index in [0.717, 1.165) is 35.6 Å². The van der Waals surface area contributed by atoms with E-state index in [-0.39, 0.29) is 0 Å². The van der Waals surface area contributed by atoms with E-state index in [4.69, 9.17) is 5.73 Å². The summed E-state index contributed by atoms with van der Waals surface area (Å²) >= 11 is 0. The molecule has 0 radical (unpaired) electrons. The number of hydrogen-bond acceptors (Lipinski definition) is 3. The van der Waals surface area contributed by atoms with Gasteiger partial charge in [-0.05, 0) is 44.0 Å². The Hall–Kier alpha value is -2.03. The van der Waals surface area contributed by atoms with Gasteiger partial charge in [-0.15, -0.1) is 0 Å². The maximum atomic E-state index is 6.08. The summed E-state index contributed by atoms with van der Waals surface area (Å²) in [5.41, 5.74) is 11.3. The highest BCUT2D eigenvalue weighted by atomic mass is 15.1. The molecule has 3 nitrogen and oxygen atoms in total. The van der Waals surface area contributed by atoms with E-state index in [1.807, 2.05) is 26.1 Å². The molecular formula is C16H21N3. The van der Waals surface area contributed by atoms with Crippen LogP contribution in [-0.4, -0.2) is 11.5 Å². The van der Waals surface area contributed by atoms with Crippen LogP contribution in [0.5, 0.6) is 0 Å². The van der Waals surface area contributed by atoms with Gasteiger partial charge in [-0.3, -0.25) is 4.98 Å². The Kier molecular flexibility index (Phi) is 4.05. The third kappa shape index (κ3) is 2.87. The molecule has 0 aliphatic rings. The molecular weight excluding hydrogens is 234 g/mol. The number of para-hydroxylation sites is 1. The van der Waals surface area contributed by atoms with E-state index >= 15 is 0 Å². The van der Waals surface area contributed by atoms with Crippen LogP contribution in [-0.2, 0) is 6.54 Å². The van der Waals surface area contributed by atoms with Gasteiger partial charge in [0.1, 0.15) is 0 Å². The van der Waals surface area contributed by atoms with Gasteiger partial charge in [0.2, 0.25) is 0 Å². The number of pyridine rings is 1. The number of aryl methyl sites for hydroxylation is 1. The van der Waals surface area contributed by atoms with Crippen molar-refractivity contribution in [3.8, 4) is 0 Å². The number of hydrogen-bond donors (Lipinski definition) is 1. The first-order chi connectivity index (χ1) is 9.13. The summed E-state index contributed by atoms with van der Waals surface area (Å²) in [7, 11) is 0. The van der Waals surface area contributed by atoms with Gasteiger partial charge in [0.05, 0.1) is 12.2 Å². The first kappa shape index (κ1) is 13.4. The zero-order chi connectivity index (χ0) is 13.8. The van der Waals surface area contributed by atoms with Crippen LogP contribution in [0.15, 0.2) is 36.5 Å². The van der Waals surface area contributed by atoms with Gasteiger partial charge in [0, 0.05) is 24.1 Å². The Labute approximate surface area is 115 Å². The van der Waals surface area contributed by atoms with Crippen LogP contribution < -0.4 is 10.6 Å². The fourth-order valence-corrected chi connectivity index (χ4v) is 2.16. The van der Waals surface area contributed by atoms with Crippen molar-refractivity contribution >= 4 is 11.4 Å². The van der Waals surface area contributed by atoms with E-state index in [9.17, 15) is 0 Å². The predicted molar refractivity (Wildman–Crippen MR) is 81.3 cm³/mol. The lowest BCUT2D eigenvalue weighted by Gasteiger charge is -2.24. The second-order valence-corrected chi connectivity index (χ2v) is 4.78. The highest BCUT2D eigenvalue weighted by Crippen LogP contribution is 2.21. The van der Waals surface area contributed by atoms with Crippen LogP contribution in [0.4, 0.5) is 11.4 Å². The molecule has 0 saturated carbocycles. The van der Waals surface area contributed by atoms with Gasteiger partial charge in [0.25, 0.3) is 0 Å². The van der Waals surface area contributed by atoms with Gasteiger partial charge in [-0.25, -0.2) is 0 Å². The zero-order valence-corrected chi connectivity index (χ0v) is 11.9. The number of aromatic nitrogens is 1. The average molecular weight is 255 g/mol. The lowest BCUT2D eigenvalue weighted by Crippen LogP contribution is -2.23. The largest absolute Gasteiger partial charge is 0.398 e. The minimum Gasteiger partial charge on any atom is -0.398 e. The summed E-state index contributed by atoms with van der Waals surface area (Å²) in [4.78, 5) is 6.83. The van der Waals surface area contributed by atoms with E-state index < -0.39 is 0 Å². The second-order valence-electron chi connectivity index (χ2n) is 4.78. The molecule has 0 unspecified atom stereocenters. The molecule has 0 aliphatic carbocycles. The number of benzene rings is 1. The van der Waals surface area contributed by atoms with Crippen LogP contribution >= 0.6 is 0 Å². The molecule has 1 heterocycles. The van der Waals surface area contributed by atoms with Gasteiger partial charge >= 0.3 is 0 Å². The summed E-state index contributed by atoms with van der Waals surface area (Å²) in [5, 5.41) is 0. The van der Waals surface area contributed by atoms with E-state index in [2.05, 4.69) is 41.1 Å². The Balaban J connectivity index is 2.27. The molecule has 0 aliphatic heterocycles. The summed E-state index contributed by atoms with van der Waals surface area (Å²) < 4.78 is 0. The molecule has 0 amide bonds. The predicted octanol–water partition coefficient (Wildman–Crippen LogP) is 3.31. The van der Waals surface area contributed by atoms with E-state index in [1.54, 1.807) is 0 Å². The van der Waals surface area contributed by atoms with Crippen molar-refractivity contribution in [1.29, 1.82) is 0 Å². The van der Waals surface area contributed by atoms with Crippen LogP contribution in [0.25, 0.3) is 0 Å². The van der Waals surface area contributed by atoms with Crippen molar-refractivity contribution in [1.82, 2.24) is 4.98 Å². The maximum absolute atomic E-state index is 6.08. The summed E-state index contributed by atoms with van der Waals surface area (Å²) in [6, 6.07) is 10.4. The number of anilines is 2. The Morgan fingerprint density at radius 2 is 1.84 bits per heavy atom. The highest BCUT2D eigenvalue weighted by molar-refractivity contribution is 5.54. The van der Waals surface area contributed by atoms with Crippen molar-refractivity contribution < 1.29 is 0 Å². The van der Waals surface area contributed by atoms with E-state index in [1.165, 1.54) is 5.69 Å². The molecule has 1 aromatic heterocycles.